The van der Waals surface area contributed by atoms with Crippen molar-refractivity contribution in [1.29, 1.82) is 0 Å². The zero-order chi connectivity index (χ0) is 11.1. The summed E-state index contributed by atoms with van der Waals surface area (Å²) in [6, 6.07) is 0. The van der Waals surface area contributed by atoms with E-state index in [1.165, 1.54) is 0 Å². The van der Waals surface area contributed by atoms with Crippen LogP contribution in [0.15, 0.2) is 0 Å². The largest absolute Gasteiger partial charge is 0.471 e. The van der Waals surface area contributed by atoms with E-state index in [4.69, 9.17) is 0 Å². The van der Waals surface area contributed by atoms with E-state index < -0.39 is 12.1 Å². The van der Waals surface area contributed by atoms with Crippen LogP contribution in [-0.2, 0) is 4.79 Å². The number of amides is 1. The van der Waals surface area contributed by atoms with Crippen molar-refractivity contribution in [3.8, 4) is 0 Å². The van der Waals surface area contributed by atoms with Crippen LogP contribution in [0.2, 0.25) is 0 Å². The molecule has 0 aromatic rings. The van der Waals surface area contributed by atoms with Gasteiger partial charge in [-0.3, -0.25) is 4.79 Å². The summed E-state index contributed by atoms with van der Waals surface area (Å²) in [5.41, 5.74) is 0. The molecule has 0 saturated carbocycles. The summed E-state index contributed by atoms with van der Waals surface area (Å²) < 4.78 is 36.5. The predicted octanol–water partition coefficient (Wildman–Crippen LogP) is 0.617. The van der Waals surface area contributed by atoms with Crippen molar-refractivity contribution in [3.05, 3.63) is 0 Å². The van der Waals surface area contributed by atoms with Gasteiger partial charge in [0.1, 0.15) is 0 Å². The number of rotatable bonds is 0. The number of carbonyl (C=O) groups excluding carboxylic acids is 1. The summed E-state index contributed by atoms with van der Waals surface area (Å²) >= 11 is 0. The lowest BCUT2D eigenvalue weighted by atomic mass is 9.90. The molecule has 2 fully saturated rings. The Morgan fingerprint density at radius 2 is 1.93 bits per heavy atom. The smallest absolute Gasteiger partial charge is 0.334 e. The van der Waals surface area contributed by atoms with Crippen LogP contribution in [-0.4, -0.2) is 43.2 Å². The van der Waals surface area contributed by atoms with Crippen LogP contribution in [0, 0.1) is 11.8 Å². The number of alkyl halides is 3. The van der Waals surface area contributed by atoms with Crippen molar-refractivity contribution in [3.63, 3.8) is 0 Å². The number of piperidine rings is 1. The second kappa shape index (κ2) is 3.66. The Morgan fingerprint density at radius 1 is 1.27 bits per heavy atom. The zero-order valence-corrected chi connectivity index (χ0v) is 8.18. The molecule has 0 spiro atoms. The minimum absolute atomic E-state index is 0.199. The van der Waals surface area contributed by atoms with E-state index in [1.54, 1.807) is 0 Å². The van der Waals surface area contributed by atoms with Crippen molar-refractivity contribution in [2.24, 2.45) is 11.8 Å². The lowest BCUT2D eigenvalue weighted by molar-refractivity contribution is -0.184. The van der Waals surface area contributed by atoms with E-state index in [0.717, 1.165) is 24.4 Å². The molecule has 2 aliphatic heterocycles. The van der Waals surface area contributed by atoms with Gasteiger partial charge in [0.25, 0.3) is 0 Å². The first-order chi connectivity index (χ1) is 6.98. The first kappa shape index (κ1) is 10.7. The van der Waals surface area contributed by atoms with Crippen molar-refractivity contribution < 1.29 is 18.0 Å². The molecule has 2 aliphatic rings. The number of nitrogens with one attached hydrogen (secondary N) is 1. The highest BCUT2D eigenvalue weighted by molar-refractivity contribution is 5.82. The van der Waals surface area contributed by atoms with Gasteiger partial charge in [-0.05, 0) is 31.3 Å². The van der Waals surface area contributed by atoms with Gasteiger partial charge in [-0.25, -0.2) is 0 Å². The number of hydrogen-bond acceptors (Lipinski definition) is 2. The Hall–Kier alpha value is -0.780. The topological polar surface area (TPSA) is 32.3 Å². The Labute approximate surface area is 85.6 Å². The second-order valence-electron chi connectivity index (χ2n) is 4.22. The molecule has 1 N–H and O–H groups in total. The van der Waals surface area contributed by atoms with Crippen LogP contribution >= 0.6 is 0 Å². The maximum Gasteiger partial charge on any atom is 0.471 e. The number of fused-ring (bicyclic) bond motifs is 1. The Bertz CT molecular complexity index is 253. The SMILES string of the molecule is O=C(N1C[C@H]2CCNC[C@@H]2C1)C(F)(F)F. The van der Waals surface area contributed by atoms with Gasteiger partial charge in [0.05, 0.1) is 0 Å². The molecule has 2 heterocycles. The third-order valence-electron chi connectivity index (χ3n) is 3.20. The molecule has 0 aliphatic carbocycles. The lowest BCUT2D eigenvalue weighted by Gasteiger charge is -2.23. The molecule has 6 heteroatoms. The Morgan fingerprint density at radius 3 is 2.53 bits per heavy atom. The molecule has 0 unspecified atom stereocenters. The summed E-state index contributed by atoms with van der Waals surface area (Å²) in [4.78, 5) is 11.9. The summed E-state index contributed by atoms with van der Waals surface area (Å²) in [5, 5.41) is 3.14. The fraction of sp³-hybridized carbons (Fsp3) is 0.889. The monoisotopic (exact) mass is 222 g/mol. The first-order valence-electron chi connectivity index (χ1n) is 5.05. The maximum absolute atomic E-state index is 12.2. The molecule has 86 valence electrons. The van der Waals surface area contributed by atoms with Crippen LogP contribution in [0.4, 0.5) is 13.2 Å². The van der Waals surface area contributed by atoms with E-state index in [0.29, 0.717) is 0 Å². The molecular weight excluding hydrogens is 209 g/mol. The maximum atomic E-state index is 12.2. The molecule has 2 atom stereocenters. The van der Waals surface area contributed by atoms with Crippen molar-refractivity contribution in [2.45, 2.75) is 12.6 Å². The van der Waals surface area contributed by atoms with E-state index in [-0.39, 0.29) is 24.9 Å². The Kier molecular flexibility index (Phi) is 2.62. The standard InChI is InChI=1S/C9H13F3N2O/c10-9(11,12)8(15)14-4-6-1-2-13-3-7(6)5-14/h6-7,13H,1-5H2/t6-,7-/m1/s1. The van der Waals surface area contributed by atoms with Crippen LogP contribution < -0.4 is 5.32 Å². The van der Waals surface area contributed by atoms with Crippen molar-refractivity contribution in [1.82, 2.24) is 10.2 Å². The van der Waals surface area contributed by atoms with Crippen molar-refractivity contribution >= 4 is 5.91 Å². The van der Waals surface area contributed by atoms with Gasteiger partial charge in [0.2, 0.25) is 0 Å². The number of likely N-dealkylation sites (tertiary alicyclic amines) is 1. The van der Waals surface area contributed by atoms with Crippen LogP contribution in [0.5, 0.6) is 0 Å². The van der Waals surface area contributed by atoms with E-state index in [2.05, 4.69) is 5.32 Å². The summed E-state index contributed by atoms with van der Waals surface area (Å²) in [6.45, 7) is 2.09. The molecule has 1 amide bonds. The highest BCUT2D eigenvalue weighted by Gasteiger charge is 2.47. The Balaban J connectivity index is 2.00. The second-order valence-corrected chi connectivity index (χ2v) is 4.22. The quantitative estimate of drug-likeness (QED) is 0.651. The summed E-state index contributed by atoms with van der Waals surface area (Å²) in [7, 11) is 0. The number of hydrogen-bond donors (Lipinski definition) is 1. The average molecular weight is 222 g/mol. The minimum atomic E-state index is -4.72. The van der Waals surface area contributed by atoms with Crippen molar-refractivity contribution in [2.75, 3.05) is 26.2 Å². The van der Waals surface area contributed by atoms with Gasteiger partial charge in [-0.1, -0.05) is 0 Å². The van der Waals surface area contributed by atoms with Gasteiger partial charge in [-0.15, -0.1) is 0 Å². The van der Waals surface area contributed by atoms with Crippen LogP contribution in [0.1, 0.15) is 6.42 Å². The lowest BCUT2D eigenvalue weighted by Crippen LogP contribution is -2.40. The molecule has 0 radical (unpaired) electrons. The third-order valence-corrected chi connectivity index (χ3v) is 3.20. The van der Waals surface area contributed by atoms with E-state index in [9.17, 15) is 18.0 Å². The number of nitrogens with zero attached hydrogens (tertiary/aromatic N) is 1. The van der Waals surface area contributed by atoms with E-state index >= 15 is 0 Å². The average Bonchev–Trinajstić information content (AvgIpc) is 2.58. The molecule has 15 heavy (non-hydrogen) atoms. The molecular formula is C9H13F3N2O. The predicted molar refractivity (Wildman–Crippen MR) is 47.1 cm³/mol. The summed E-state index contributed by atoms with van der Waals surface area (Å²) in [5.74, 6) is -1.24. The molecule has 0 aromatic heterocycles. The number of halogens is 3. The molecule has 0 aromatic carbocycles. The van der Waals surface area contributed by atoms with Gasteiger partial charge in [-0.2, -0.15) is 13.2 Å². The number of carbonyl (C=O) groups is 1. The molecule has 2 rings (SSSR count). The van der Waals surface area contributed by atoms with Crippen LogP contribution in [0.3, 0.4) is 0 Å². The minimum Gasteiger partial charge on any atom is -0.334 e. The fourth-order valence-corrected chi connectivity index (χ4v) is 2.42. The first-order valence-corrected chi connectivity index (χ1v) is 5.05. The third kappa shape index (κ3) is 2.09. The zero-order valence-electron chi connectivity index (χ0n) is 8.18. The normalized spacial score (nSPS) is 31.5. The summed E-state index contributed by atoms with van der Waals surface area (Å²) in [6.07, 6.45) is -3.85. The fourth-order valence-electron chi connectivity index (χ4n) is 2.42. The van der Waals surface area contributed by atoms with Gasteiger partial charge in [0.15, 0.2) is 0 Å². The van der Waals surface area contributed by atoms with E-state index in [1.807, 2.05) is 0 Å². The van der Waals surface area contributed by atoms with Gasteiger partial charge < -0.3 is 10.2 Å². The molecule has 2 saturated heterocycles. The van der Waals surface area contributed by atoms with Gasteiger partial charge in [0, 0.05) is 13.1 Å². The molecule has 3 nitrogen and oxygen atoms in total. The van der Waals surface area contributed by atoms with Crippen LogP contribution in [0.25, 0.3) is 0 Å². The van der Waals surface area contributed by atoms with Gasteiger partial charge >= 0.3 is 12.1 Å². The highest BCUT2D eigenvalue weighted by atomic mass is 19.4. The molecule has 0 bridgehead atoms. The highest BCUT2D eigenvalue weighted by Crippen LogP contribution is 2.30.